The maximum Gasteiger partial charge on any atom is 0.204 e. The highest BCUT2D eigenvalue weighted by molar-refractivity contribution is 6.50. The Balaban J connectivity index is 1.78. The number of hydrogen-bond donors (Lipinski definition) is 0. The van der Waals surface area contributed by atoms with Crippen LogP contribution in [0.2, 0.25) is 0 Å². The molecular weight excluding hydrogens is 360 g/mol. The molecule has 0 amide bonds. The Morgan fingerprint density at radius 1 is 0.931 bits per heavy atom. The van der Waals surface area contributed by atoms with Gasteiger partial charge in [0.05, 0.1) is 11.4 Å². The van der Waals surface area contributed by atoms with Gasteiger partial charge in [0.2, 0.25) is 5.82 Å². The van der Waals surface area contributed by atoms with Crippen molar-refractivity contribution >= 4 is 22.8 Å². The normalized spacial score (nSPS) is 14.8. The average molecular weight is 387 g/mol. The van der Waals surface area contributed by atoms with E-state index in [4.69, 9.17) is 15.1 Å². The van der Waals surface area contributed by atoms with Gasteiger partial charge < -0.3 is 4.90 Å². The van der Waals surface area contributed by atoms with Crippen molar-refractivity contribution in [2.75, 3.05) is 19.0 Å². The number of aryl methyl sites for hydroxylation is 1. The largest absolute Gasteiger partial charge is 0.378 e. The summed E-state index contributed by atoms with van der Waals surface area (Å²) >= 11 is 0. The minimum absolute atomic E-state index is 0.172. The van der Waals surface area contributed by atoms with Gasteiger partial charge in [0, 0.05) is 30.8 Å². The monoisotopic (exact) mass is 386 g/mol. The number of fused-ring (bicyclic) bond motifs is 1. The zero-order valence-electron chi connectivity index (χ0n) is 17.8. The van der Waals surface area contributed by atoms with Crippen LogP contribution in [0.5, 0.6) is 0 Å². The van der Waals surface area contributed by atoms with Gasteiger partial charge in [0.25, 0.3) is 0 Å². The minimum atomic E-state index is -0.172. The Labute approximate surface area is 171 Å². The van der Waals surface area contributed by atoms with E-state index in [-0.39, 0.29) is 5.41 Å². The molecule has 0 saturated heterocycles. The third kappa shape index (κ3) is 3.70. The van der Waals surface area contributed by atoms with Crippen LogP contribution < -0.4 is 4.90 Å². The summed E-state index contributed by atoms with van der Waals surface area (Å²) in [4.78, 5) is 13.4. The highest BCUT2D eigenvalue weighted by atomic mass is 15.6. The molecule has 0 bridgehead atoms. The smallest absolute Gasteiger partial charge is 0.204 e. The topological polar surface area (TPSA) is 58.7 Å². The highest BCUT2D eigenvalue weighted by Gasteiger charge is 2.34. The molecule has 0 N–H and O–H groups in total. The number of hydrogen-bond acceptors (Lipinski definition) is 5. The van der Waals surface area contributed by atoms with Crippen LogP contribution in [0.15, 0.2) is 58.6 Å². The summed E-state index contributed by atoms with van der Waals surface area (Å²) in [6.45, 7) is 8.45. The molecule has 0 spiro atoms. The SMILES string of the molecule is Cc1ccc(-c2nc3n(n2)N=C(C(C)(C)C)/C3=N/c2ccc(N(C)C)cc2)cc1. The van der Waals surface area contributed by atoms with E-state index < -0.39 is 0 Å². The Morgan fingerprint density at radius 3 is 2.17 bits per heavy atom. The number of aliphatic imine (C=N–C) groups is 1. The lowest BCUT2D eigenvalue weighted by Crippen LogP contribution is -2.27. The van der Waals surface area contributed by atoms with Gasteiger partial charge in [-0.05, 0) is 31.2 Å². The lowest BCUT2D eigenvalue weighted by molar-refractivity contribution is 0.589. The van der Waals surface area contributed by atoms with E-state index in [0.29, 0.717) is 11.6 Å². The van der Waals surface area contributed by atoms with Crippen molar-refractivity contribution in [3.63, 3.8) is 0 Å². The Bertz CT molecular complexity index is 1090. The predicted octanol–water partition coefficient (Wildman–Crippen LogP) is 4.70. The van der Waals surface area contributed by atoms with Crippen molar-refractivity contribution in [2.45, 2.75) is 27.7 Å². The van der Waals surface area contributed by atoms with E-state index in [9.17, 15) is 0 Å². The first-order valence-corrected chi connectivity index (χ1v) is 9.73. The number of aromatic nitrogens is 3. The van der Waals surface area contributed by atoms with Gasteiger partial charge in [0.1, 0.15) is 5.71 Å². The summed E-state index contributed by atoms with van der Waals surface area (Å²) in [5.74, 6) is 1.34. The molecular formula is C23H26N6. The van der Waals surface area contributed by atoms with E-state index >= 15 is 0 Å². The van der Waals surface area contributed by atoms with Gasteiger partial charge in [-0.15, -0.1) is 9.89 Å². The fourth-order valence-electron chi connectivity index (χ4n) is 3.16. The number of benzene rings is 2. The Hall–Kier alpha value is -3.28. The van der Waals surface area contributed by atoms with E-state index in [0.717, 1.165) is 28.4 Å². The molecule has 2 aromatic carbocycles. The lowest BCUT2D eigenvalue weighted by Gasteiger charge is -2.18. The zero-order chi connectivity index (χ0) is 20.8. The summed E-state index contributed by atoms with van der Waals surface area (Å²) in [6, 6.07) is 16.3. The average Bonchev–Trinajstić information content (AvgIpc) is 3.22. The van der Waals surface area contributed by atoms with Crippen molar-refractivity contribution in [1.82, 2.24) is 14.9 Å². The van der Waals surface area contributed by atoms with Crippen molar-refractivity contribution in [2.24, 2.45) is 15.5 Å². The number of nitrogens with zero attached hydrogens (tertiary/aromatic N) is 6. The van der Waals surface area contributed by atoms with Gasteiger partial charge in [0.15, 0.2) is 5.82 Å². The van der Waals surface area contributed by atoms with Crippen LogP contribution in [0, 0.1) is 12.3 Å². The van der Waals surface area contributed by atoms with Crippen LogP contribution in [-0.2, 0) is 0 Å². The molecule has 6 heteroatoms. The van der Waals surface area contributed by atoms with Gasteiger partial charge in [-0.2, -0.15) is 5.10 Å². The van der Waals surface area contributed by atoms with Crippen molar-refractivity contribution in [3.05, 3.63) is 59.9 Å². The van der Waals surface area contributed by atoms with Crippen LogP contribution in [0.25, 0.3) is 11.4 Å². The van der Waals surface area contributed by atoms with Crippen LogP contribution in [0.1, 0.15) is 32.2 Å². The van der Waals surface area contributed by atoms with Crippen molar-refractivity contribution in [1.29, 1.82) is 0 Å². The molecule has 29 heavy (non-hydrogen) atoms. The fourth-order valence-corrected chi connectivity index (χ4v) is 3.16. The Morgan fingerprint density at radius 2 is 1.59 bits per heavy atom. The van der Waals surface area contributed by atoms with Crippen molar-refractivity contribution in [3.8, 4) is 11.4 Å². The molecule has 0 unspecified atom stereocenters. The maximum absolute atomic E-state index is 4.91. The van der Waals surface area contributed by atoms with Crippen LogP contribution >= 0.6 is 0 Å². The number of rotatable bonds is 3. The summed E-state index contributed by atoms with van der Waals surface area (Å²) in [5, 5.41) is 9.34. The molecule has 2 heterocycles. The molecule has 3 aromatic rings. The zero-order valence-corrected chi connectivity index (χ0v) is 17.8. The van der Waals surface area contributed by atoms with Gasteiger partial charge in [-0.3, -0.25) is 0 Å². The molecule has 0 atom stereocenters. The molecule has 1 aromatic heterocycles. The summed E-state index contributed by atoms with van der Waals surface area (Å²) in [6.07, 6.45) is 0. The van der Waals surface area contributed by atoms with E-state index in [1.54, 1.807) is 4.79 Å². The molecule has 0 fully saturated rings. The predicted molar refractivity (Wildman–Crippen MR) is 119 cm³/mol. The fraction of sp³-hybridized carbons (Fsp3) is 0.304. The molecule has 0 radical (unpaired) electrons. The third-order valence-electron chi connectivity index (χ3n) is 4.85. The first-order valence-electron chi connectivity index (χ1n) is 9.73. The molecule has 6 nitrogen and oxygen atoms in total. The molecule has 148 valence electrons. The second-order valence-electron chi connectivity index (χ2n) is 8.58. The Kier molecular flexibility index (Phi) is 4.57. The van der Waals surface area contributed by atoms with Crippen LogP contribution in [-0.4, -0.2) is 40.4 Å². The quantitative estimate of drug-likeness (QED) is 0.655. The molecule has 1 aliphatic rings. The highest BCUT2D eigenvalue weighted by Crippen LogP contribution is 2.28. The molecule has 1 aliphatic heterocycles. The first-order chi connectivity index (χ1) is 13.7. The minimum Gasteiger partial charge on any atom is -0.378 e. The third-order valence-corrected chi connectivity index (χ3v) is 4.85. The van der Waals surface area contributed by atoms with Gasteiger partial charge in [-0.25, -0.2) is 9.98 Å². The number of anilines is 1. The molecule has 0 saturated carbocycles. The van der Waals surface area contributed by atoms with E-state index in [1.165, 1.54) is 5.56 Å². The van der Waals surface area contributed by atoms with Gasteiger partial charge in [-0.1, -0.05) is 50.6 Å². The maximum atomic E-state index is 4.91. The summed E-state index contributed by atoms with van der Waals surface area (Å²) in [5.41, 5.74) is 5.68. The van der Waals surface area contributed by atoms with E-state index in [2.05, 4.69) is 62.0 Å². The molecule has 4 rings (SSSR count). The van der Waals surface area contributed by atoms with E-state index in [1.807, 2.05) is 38.4 Å². The lowest BCUT2D eigenvalue weighted by atomic mass is 9.87. The molecule has 0 aliphatic carbocycles. The van der Waals surface area contributed by atoms with Crippen molar-refractivity contribution < 1.29 is 0 Å². The summed E-state index contributed by atoms with van der Waals surface area (Å²) < 4.78 is 0. The first kappa shape index (κ1) is 19.1. The van der Waals surface area contributed by atoms with Gasteiger partial charge >= 0.3 is 0 Å². The van der Waals surface area contributed by atoms with Crippen LogP contribution in [0.3, 0.4) is 0 Å². The standard InChI is InChI=1S/C23H26N6/c1-15-7-9-16(10-8-15)21-25-22-19(20(23(2,3)4)26-29(22)27-21)24-17-11-13-18(14-12-17)28(5)6/h7-14H,1-6H3/b24-19-. The second-order valence-corrected chi connectivity index (χ2v) is 8.58. The summed E-state index contributed by atoms with van der Waals surface area (Å²) in [7, 11) is 4.05. The van der Waals surface area contributed by atoms with Crippen LogP contribution in [0.4, 0.5) is 11.4 Å². The second kappa shape index (κ2) is 6.95.